The van der Waals surface area contributed by atoms with E-state index in [1.165, 1.54) is 12.8 Å². The molecule has 0 aromatic heterocycles. The number of para-hydroxylation sites is 1. The summed E-state index contributed by atoms with van der Waals surface area (Å²) in [7, 11) is 0. The van der Waals surface area contributed by atoms with Gasteiger partial charge in [0.1, 0.15) is 5.56 Å². The molecule has 1 aliphatic carbocycles. The van der Waals surface area contributed by atoms with Gasteiger partial charge < -0.3 is 5.32 Å². The van der Waals surface area contributed by atoms with Crippen LogP contribution in [0, 0.1) is 17.0 Å². The lowest BCUT2D eigenvalue weighted by Gasteiger charge is -2.43. The molecule has 7 heteroatoms. The van der Waals surface area contributed by atoms with Crippen LogP contribution in [0.4, 0.5) is 5.69 Å². The van der Waals surface area contributed by atoms with E-state index in [9.17, 15) is 14.9 Å². The standard InChI is InChI=1S/C18H25N3O3S/c1-14-5-4-6-15(16(14)21(23)24)17(22)19-13-18(7-2-3-8-18)20-9-11-25-12-10-20/h4-6H,2-3,7-13H2,1H3,(H,19,22). The molecule has 0 spiro atoms. The van der Waals surface area contributed by atoms with Crippen molar-refractivity contribution in [3.63, 3.8) is 0 Å². The average molecular weight is 363 g/mol. The van der Waals surface area contributed by atoms with Crippen LogP contribution in [0.3, 0.4) is 0 Å². The second kappa shape index (κ2) is 7.74. The minimum absolute atomic E-state index is 0.0231. The van der Waals surface area contributed by atoms with Crippen LogP contribution in [0.25, 0.3) is 0 Å². The van der Waals surface area contributed by atoms with Crippen molar-refractivity contribution in [2.45, 2.75) is 38.1 Å². The number of carbonyl (C=O) groups is 1. The third-order valence-corrected chi connectivity index (χ3v) is 6.40. The van der Waals surface area contributed by atoms with Gasteiger partial charge in [-0.15, -0.1) is 0 Å². The Morgan fingerprint density at radius 3 is 2.64 bits per heavy atom. The van der Waals surface area contributed by atoms with Crippen LogP contribution in [0.1, 0.15) is 41.6 Å². The van der Waals surface area contributed by atoms with Crippen LogP contribution < -0.4 is 5.32 Å². The third-order valence-electron chi connectivity index (χ3n) is 5.46. The number of rotatable bonds is 5. The number of hydrogen-bond acceptors (Lipinski definition) is 5. The summed E-state index contributed by atoms with van der Waals surface area (Å²) < 4.78 is 0. The zero-order valence-electron chi connectivity index (χ0n) is 14.6. The highest BCUT2D eigenvalue weighted by atomic mass is 32.2. The first kappa shape index (κ1) is 18.2. The van der Waals surface area contributed by atoms with E-state index in [-0.39, 0.29) is 22.7 Å². The Balaban J connectivity index is 1.74. The van der Waals surface area contributed by atoms with Crippen molar-refractivity contribution in [2.24, 2.45) is 0 Å². The fourth-order valence-electron chi connectivity index (χ4n) is 4.10. The largest absolute Gasteiger partial charge is 0.350 e. The van der Waals surface area contributed by atoms with Crippen molar-refractivity contribution in [1.82, 2.24) is 10.2 Å². The number of nitrogens with one attached hydrogen (secondary N) is 1. The summed E-state index contributed by atoms with van der Waals surface area (Å²) in [6.45, 7) is 4.36. The van der Waals surface area contributed by atoms with Crippen molar-refractivity contribution < 1.29 is 9.72 Å². The molecule has 0 atom stereocenters. The van der Waals surface area contributed by atoms with Gasteiger partial charge in [-0.1, -0.05) is 25.0 Å². The minimum Gasteiger partial charge on any atom is -0.350 e. The summed E-state index contributed by atoms with van der Waals surface area (Å²) in [5, 5.41) is 14.3. The van der Waals surface area contributed by atoms with Crippen LogP contribution in [-0.4, -0.2) is 52.4 Å². The van der Waals surface area contributed by atoms with Gasteiger partial charge >= 0.3 is 0 Å². The van der Waals surface area contributed by atoms with E-state index in [2.05, 4.69) is 10.2 Å². The zero-order chi connectivity index (χ0) is 17.9. The molecule has 2 fully saturated rings. The number of amides is 1. The molecule has 25 heavy (non-hydrogen) atoms. The van der Waals surface area contributed by atoms with Crippen LogP contribution in [0.15, 0.2) is 18.2 Å². The number of thioether (sulfide) groups is 1. The number of carbonyl (C=O) groups excluding carboxylic acids is 1. The average Bonchev–Trinajstić information content (AvgIpc) is 3.10. The second-order valence-corrected chi connectivity index (χ2v) is 8.17. The molecule has 1 aliphatic heterocycles. The van der Waals surface area contributed by atoms with Crippen LogP contribution in [0.5, 0.6) is 0 Å². The van der Waals surface area contributed by atoms with Gasteiger partial charge in [0.2, 0.25) is 0 Å². The quantitative estimate of drug-likeness (QED) is 0.643. The molecule has 6 nitrogen and oxygen atoms in total. The van der Waals surface area contributed by atoms with E-state index in [4.69, 9.17) is 0 Å². The second-order valence-electron chi connectivity index (χ2n) is 6.94. The lowest BCUT2D eigenvalue weighted by atomic mass is 9.94. The summed E-state index contributed by atoms with van der Waals surface area (Å²) in [6.07, 6.45) is 4.55. The number of nitro groups is 1. The third kappa shape index (κ3) is 3.82. The lowest BCUT2D eigenvalue weighted by Crippen LogP contribution is -2.56. The summed E-state index contributed by atoms with van der Waals surface area (Å²) in [6, 6.07) is 4.91. The first-order chi connectivity index (χ1) is 12.0. The number of nitrogens with zero attached hydrogens (tertiary/aromatic N) is 2. The van der Waals surface area contributed by atoms with Gasteiger partial charge in [-0.05, 0) is 25.8 Å². The van der Waals surface area contributed by atoms with Gasteiger partial charge in [-0.2, -0.15) is 11.8 Å². The van der Waals surface area contributed by atoms with E-state index < -0.39 is 4.92 Å². The number of nitro benzene ring substituents is 1. The van der Waals surface area contributed by atoms with Gasteiger partial charge in [0.25, 0.3) is 11.6 Å². The molecule has 0 radical (unpaired) electrons. The molecule has 1 heterocycles. The highest BCUT2D eigenvalue weighted by Crippen LogP contribution is 2.36. The highest BCUT2D eigenvalue weighted by molar-refractivity contribution is 7.99. The maximum absolute atomic E-state index is 12.7. The Morgan fingerprint density at radius 1 is 1.32 bits per heavy atom. The van der Waals surface area contributed by atoms with Gasteiger partial charge in [0.05, 0.1) is 4.92 Å². The molecule has 1 saturated carbocycles. The maximum Gasteiger partial charge on any atom is 0.285 e. The highest BCUT2D eigenvalue weighted by Gasteiger charge is 2.40. The molecule has 0 bridgehead atoms. The van der Waals surface area contributed by atoms with E-state index in [1.54, 1.807) is 25.1 Å². The fourth-order valence-corrected chi connectivity index (χ4v) is 5.00. The SMILES string of the molecule is Cc1cccc(C(=O)NCC2(N3CCSCC3)CCCC2)c1[N+](=O)[O-]. The van der Waals surface area contributed by atoms with E-state index in [0.29, 0.717) is 12.1 Å². The maximum atomic E-state index is 12.7. The summed E-state index contributed by atoms with van der Waals surface area (Å²) in [4.78, 5) is 26.1. The molecule has 2 aliphatic rings. The molecular weight excluding hydrogens is 338 g/mol. The topological polar surface area (TPSA) is 75.5 Å². The van der Waals surface area contributed by atoms with Crippen LogP contribution in [-0.2, 0) is 0 Å². The molecule has 3 rings (SSSR count). The molecule has 136 valence electrons. The normalized spacial score (nSPS) is 20.4. The van der Waals surface area contributed by atoms with Crippen LogP contribution in [0.2, 0.25) is 0 Å². The molecule has 1 N–H and O–H groups in total. The zero-order valence-corrected chi connectivity index (χ0v) is 15.4. The van der Waals surface area contributed by atoms with Gasteiger partial charge in [-0.25, -0.2) is 0 Å². The lowest BCUT2D eigenvalue weighted by molar-refractivity contribution is -0.385. The molecule has 1 amide bonds. The fraction of sp³-hybridized carbons (Fsp3) is 0.611. The van der Waals surface area contributed by atoms with E-state index in [0.717, 1.165) is 37.4 Å². The number of benzene rings is 1. The Kier molecular flexibility index (Phi) is 5.64. The summed E-state index contributed by atoms with van der Waals surface area (Å²) in [5.41, 5.74) is 0.610. The number of hydrogen-bond donors (Lipinski definition) is 1. The predicted octanol–water partition coefficient (Wildman–Crippen LogP) is 2.99. The first-order valence-corrected chi connectivity index (χ1v) is 10.0. The van der Waals surface area contributed by atoms with E-state index in [1.807, 2.05) is 11.8 Å². The first-order valence-electron chi connectivity index (χ1n) is 8.88. The number of aryl methyl sites for hydroxylation is 1. The smallest absolute Gasteiger partial charge is 0.285 e. The molecular formula is C18H25N3O3S. The van der Waals surface area contributed by atoms with Gasteiger partial charge in [-0.3, -0.25) is 19.8 Å². The Bertz CT molecular complexity index is 653. The van der Waals surface area contributed by atoms with Crippen LogP contribution >= 0.6 is 11.8 Å². The Labute approximate surface area is 152 Å². The van der Waals surface area contributed by atoms with Crippen molar-refractivity contribution in [1.29, 1.82) is 0 Å². The Morgan fingerprint density at radius 2 is 2.00 bits per heavy atom. The van der Waals surface area contributed by atoms with Crippen molar-refractivity contribution >= 4 is 23.4 Å². The predicted molar refractivity (Wildman–Crippen MR) is 100 cm³/mol. The molecule has 1 aromatic carbocycles. The minimum atomic E-state index is -0.461. The van der Waals surface area contributed by atoms with Gasteiger partial charge in [0, 0.05) is 42.2 Å². The monoisotopic (exact) mass is 363 g/mol. The van der Waals surface area contributed by atoms with E-state index >= 15 is 0 Å². The summed E-state index contributed by atoms with van der Waals surface area (Å²) in [5.74, 6) is 1.94. The summed E-state index contributed by atoms with van der Waals surface area (Å²) >= 11 is 1.98. The van der Waals surface area contributed by atoms with Crippen molar-refractivity contribution in [3.8, 4) is 0 Å². The van der Waals surface area contributed by atoms with Crippen molar-refractivity contribution in [2.75, 3.05) is 31.1 Å². The molecule has 0 unspecified atom stereocenters. The molecule has 1 aromatic rings. The molecule has 1 saturated heterocycles. The Hall–Kier alpha value is -1.60. The van der Waals surface area contributed by atoms with Gasteiger partial charge in [0.15, 0.2) is 0 Å². The van der Waals surface area contributed by atoms with Crippen molar-refractivity contribution in [3.05, 3.63) is 39.4 Å².